The molecule has 96 valence electrons. The van der Waals surface area contributed by atoms with Gasteiger partial charge in [-0.05, 0) is 44.8 Å². The normalized spacial score (nSPS) is 22.9. The second-order valence-corrected chi connectivity index (χ2v) is 9.56. The molecule has 1 N–H and O–H groups in total. The predicted molar refractivity (Wildman–Crippen MR) is 75.9 cm³/mol. The van der Waals surface area contributed by atoms with E-state index in [0.29, 0.717) is 28.3 Å². The van der Waals surface area contributed by atoms with Crippen LogP contribution in [0.15, 0.2) is 18.5 Å². The van der Waals surface area contributed by atoms with E-state index in [4.69, 9.17) is 0 Å². The minimum absolute atomic E-state index is 0.194. The Kier molecular flexibility index (Phi) is 4.32. The van der Waals surface area contributed by atoms with Crippen molar-refractivity contribution in [3.05, 3.63) is 13.6 Å². The van der Waals surface area contributed by atoms with E-state index >= 15 is 0 Å². The maximum Gasteiger partial charge on any atom is 0.245 e. The Balaban J connectivity index is 2.33. The molecular weight excluding hydrogens is 392 g/mol. The average Bonchev–Trinajstić information content (AvgIpc) is 2.58. The molecule has 1 aliphatic heterocycles. The van der Waals surface area contributed by atoms with Gasteiger partial charge >= 0.3 is 0 Å². The molecular formula is C9H12Br2N2O2S2. The lowest BCUT2D eigenvalue weighted by Crippen LogP contribution is -2.51. The predicted octanol–water partition coefficient (Wildman–Crippen LogP) is 2.26. The molecule has 0 radical (unpaired) electrons. The van der Waals surface area contributed by atoms with Gasteiger partial charge in [0.25, 0.3) is 0 Å². The molecule has 1 saturated heterocycles. The molecule has 0 saturated carbocycles. The molecule has 8 heteroatoms. The molecule has 4 nitrogen and oxygen atoms in total. The van der Waals surface area contributed by atoms with E-state index in [1.165, 1.54) is 15.6 Å². The summed E-state index contributed by atoms with van der Waals surface area (Å²) in [6.07, 6.45) is 0. The molecule has 2 heterocycles. The summed E-state index contributed by atoms with van der Waals surface area (Å²) in [4.78, 5) is 0.350. The molecule has 0 amide bonds. The van der Waals surface area contributed by atoms with Crippen LogP contribution in [0.25, 0.3) is 0 Å². The number of nitrogens with zero attached hydrogens (tertiary/aromatic N) is 1. The standard InChI is InChI=1S/C9H12Br2N2O2S2/c1-6-5-13(3-2-12-6)17(14,15)7-4-8(10)16-9(7)11/h4,6,12H,2-3,5H2,1H3. The Morgan fingerprint density at radius 2 is 2.24 bits per heavy atom. The molecule has 1 atom stereocenters. The number of nitrogens with one attached hydrogen (secondary N) is 1. The van der Waals surface area contributed by atoms with Gasteiger partial charge in [-0.3, -0.25) is 0 Å². The highest BCUT2D eigenvalue weighted by Gasteiger charge is 2.31. The second kappa shape index (κ2) is 5.26. The monoisotopic (exact) mass is 402 g/mol. The van der Waals surface area contributed by atoms with E-state index in [1.54, 1.807) is 6.07 Å². The van der Waals surface area contributed by atoms with Crippen molar-refractivity contribution in [2.24, 2.45) is 0 Å². The van der Waals surface area contributed by atoms with Crippen LogP contribution in [0.5, 0.6) is 0 Å². The quantitative estimate of drug-likeness (QED) is 0.823. The average molecular weight is 404 g/mol. The molecule has 2 rings (SSSR count). The summed E-state index contributed by atoms with van der Waals surface area (Å²) < 4.78 is 27.8. The van der Waals surface area contributed by atoms with Gasteiger partial charge in [0, 0.05) is 25.7 Å². The van der Waals surface area contributed by atoms with Crippen LogP contribution in [-0.2, 0) is 10.0 Å². The molecule has 1 aliphatic rings. The summed E-state index contributed by atoms with van der Waals surface area (Å²) >= 11 is 7.98. The second-order valence-electron chi connectivity index (χ2n) is 3.91. The fraction of sp³-hybridized carbons (Fsp3) is 0.556. The molecule has 1 aromatic rings. The maximum atomic E-state index is 12.4. The number of sulfonamides is 1. The first-order valence-electron chi connectivity index (χ1n) is 5.09. The van der Waals surface area contributed by atoms with Crippen LogP contribution in [-0.4, -0.2) is 38.4 Å². The number of rotatable bonds is 2. The van der Waals surface area contributed by atoms with Gasteiger partial charge in [0.05, 0.1) is 7.57 Å². The van der Waals surface area contributed by atoms with Gasteiger partial charge in [-0.25, -0.2) is 8.42 Å². The molecule has 1 fully saturated rings. The summed E-state index contributed by atoms with van der Waals surface area (Å²) in [5, 5.41) is 3.23. The number of piperazine rings is 1. The van der Waals surface area contributed by atoms with E-state index in [2.05, 4.69) is 37.2 Å². The summed E-state index contributed by atoms with van der Waals surface area (Å²) in [6.45, 7) is 3.72. The summed E-state index contributed by atoms with van der Waals surface area (Å²) in [6, 6.07) is 1.84. The van der Waals surface area contributed by atoms with Crippen LogP contribution in [0.2, 0.25) is 0 Å². The van der Waals surface area contributed by atoms with Crippen molar-refractivity contribution >= 4 is 53.2 Å². The minimum Gasteiger partial charge on any atom is -0.312 e. The molecule has 0 aromatic carbocycles. The first kappa shape index (κ1) is 14.0. The van der Waals surface area contributed by atoms with Crippen LogP contribution in [0, 0.1) is 0 Å². The van der Waals surface area contributed by atoms with E-state index in [1.807, 2.05) is 6.92 Å². The Morgan fingerprint density at radius 3 is 2.76 bits per heavy atom. The molecule has 1 aromatic heterocycles. The zero-order chi connectivity index (χ0) is 12.6. The van der Waals surface area contributed by atoms with Crippen LogP contribution in [0.4, 0.5) is 0 Å². The third kappa shape index (κ3) is 2.93. The number of thiophene rings is 1. The maximum absolute atomic E-state index is 12.4. The minimum atomic E-state index is -3.38. The van der Waals surface area contributed by atoms with E-state index in [-0.39, 0.29) is 6.04 Å². The van der Waals surface area contributed by atoms with Gasteiger partial charge < -0.3 is 5.32 Å². The van der Waals surface area contributed by atoms with E-state index < -0.39 is 10.0 Å². The van der Waals surface area contributed by atoms with Crippen molar-refractivity contribution in [2.45, 2.75) is 17.9 Å². The van der Waals surface area contributed by atoms with Gasteiger partial charge in [0.15, 0.2) is 0 Å². The highest BCUT2D eigenvalue weighted by molar-refractivity contribution is 9.12. The van der Waals surface area contributed by atoms with Crippen LogP contribution in [0.1, 0.15) is 6.92 Å². The van der Waals surface area contributed by atoms with Gasteiger partial charge in [-0.15, -0.1) is 11.3 Å². The molecule has 17 heavy (non-hydrogen) atoms. The van der Waals surface area contributed by atoms with Gasteiger partial charge in [-0.1, -0.05) is 0 Å². The third-order valence-electron chi connectivity index (χ3n) is 2.57. The van der Waals surface area contributed by atoms with Gasteiger partial charge in [0.1, 0.15) is 4.90 Å². The fourth-order valence-electron chi connectivity index (χ4n) is 1.76. The van der Waals surface area contributed by atoms with E-state index in [0.717, 1.165) is 3.79 Å². The topological polar surface area (TPSA) is 49.4 Å². The van der Waals surface area contributed by atoms with Crippen molar-refractivity contribution in [3.8, 4) is 0 Å². The Labute approximate surface area is 122 Å². The van der Waals surface area contributed by atoms with Crippen molar-refractivity contribution < 1.29 is 8.42 Å². The Bertz CT molecular complexity index is 515. The summed E-state index contributed by atoms with van der Waals surface area (Å²) in [7, 11) is -3.38. The van der Waals surface area contributed by atoms with Crippen LogP contribution >= 0.6 is 43.2 Å². The summed E-state index contributed by atoms with van der Waals surface area (Å²) in [5.74, 6) is 0. The largest absolute Gasteiger partial charge is 0.312 e. The SMILES string of the molecule is CC1CN(S(=O)(=O)c2cc(Br)sc2Br)CCN1. The molecule has 0 spiro atoms. The third-order valence-corrected chi connectivity index (χ3v) is 7.19. The lowest BCUT2D eigenvalue weighted by molar-refractivity contribution is 0.310. The first-order valence-corrected chi connectivity index (χ1v) is 8.94. The zero-order valence-electron chi connectivity index (χ0n) is 9.11. The molecule has 0 bridgehead atoms. The van der Waals surface area contributed by atoms with Crippen molar-refractivity contribution in [1.29, 1.82) is 0 Å². The van der Waals surface area contributed by atoms with E-state index in [9.17, 15) is 8.42 Å². The van der Waals surface area contributed by atoms with Crippen LogP contribution in [0.3, 0.4) is 0 Å². The van der Waals surface area contributed by atoms with Crippen molar-refractivity contribution in [1.82, 2.24) is 9.62 Å². The van der Waals surface area contributed by atoms with Crippen molar-refractivity contribution in [3.63, 3.8) is 0 Å². The highest BCUT2D eigenvalue weighted by Crippen LogP contribution is 2.36. The summed E-state index contributed by atoms with van der Waals surface area (Å²) in [5.41, 5.74) is 0. The van der Waals surface area contributed by atoms with Crippen LogP contribution < -0.4 is 5.32 Å². The highest BCUT2D eigenvalue weighted by atomic mass is 79.9. The first-order chi connectivity index (χ1) is 7.91. The smallest absolute Gasteiger partial charge is 0.245 e. The fourth-order valence-corrected chi connectivity index (χ4v) is 7.05. The van der Waals surface area contributed by atoms with Gasteiger partial charge in [-0.2, -0.15) is 4.31 Å². The molecule has 1 unspecified atom stereocenters. The van der Waals surface area contributed by atoms with Gasteiger partial charge in [0.2, 0.25) is 10.0 Å². The lowest BCUT2D eigenvalue weighted by atomic mass is 10.3. The van der Waals surface area contributed by atoms with Crippen molar-refractivity contribution in [2.75, 3.05) is 19.6 Å². The number of hydrogen-bond acceptors (Lipinski definition) is 4. The number of halogens is 2. The lowest BCUT2D eigenvalue weighted by Gasteiger charge is -2.30. The zero-order valence-corrected chi connectivity index (χ0v) is 13.9. The molecule has 0 aliphatic carbocycles. The Hall–Kier alpha value is 0.530. The Morgan fingerprint density at radius 1 is 1.53 bits per heavy atom. The number of hydrogen-bond donors (Lipinski definition) is 1.